The van der Waals surface area contributed by atoms with Crippen molar-refractivity contribution in [3.8, 4) is 11.5 Å². The monoisotopic (exact) mass is 293 g/mol. The normalized spacial score (nSPS) is 18.4. The summed E-state index contributed by atoms with van der Waals surface area (Å²) < 4.78 is 17.0. The third-order valence-electron chi connectivity index (χ3n) is 3.54. The smallest absolute Gasteiger partial charge is 0.161 e. The molecule has 0 amide bonds. The molecule has 2 rings (SSSR count). The van der Waals surface area contributed by atoms with E-state index in [1.54, 1.807) is 0 Å². The van der Waals surface area contributed by atoms with Gasteiger partial charge in [-0.3, -0.25) is 0 Å². The fourth-order valence-corrected chi connectivity index (χ4v) is 2.49. The maximum Gasteiger partial charge on any atom is 0.161 e. The van der Waals surface area contributed by atoms with Gasteiger partial charge in [-0.2, -0.15) is 0 Å². The molecule has 1 aromatic carbocycles. The maximum absolute atomic E-state index is 5.88. The van der Waals surface area contributed by atoms with Crippen LogP contribution in [0.1, 0.15) is 20.3 Å². The van der Waals surface area contributed by atoms with E-state index in [0.29, 0.717) is 12.5 Å². The fraction of sp³-hybridized carbons (Fsp3) is 0.647. The molecule has 1 aromatic rings. The van der Waals surface area contributed by atoms with Crippen molar-refractivity contribution in [2.45, 2.75) is 26.4 Å². The summed E-state index contributed by atoms with van der Waals surface area (Å²) in [6, 6.07) is 7.86. The molecular formula is C17H27NO3. The van der Waals surface area contributed by atoms with E-state index >= 15 is 0 Å². The van der Waals surface area contributed by atoms with Crippen molar-refractivity contribution in [1.29, 1.82) is 0 Å². The first-order chi connectivity index (χ1) is 10.1. The zero-order valence-electron chi connectivity index (χ0n) is 13.4. The Morgan fingerprint density at radius 1 is 1.29 bits per heavy atom. The van der Waals surface area contributed by atoms with Crippen LogP contribution in [0, 0.1) is 5.92 Å². The zero-order chi connectivity index (χ0) is 15.1. The molecule has 21 heavy (non-hydrogen) atoms. The lowest BCUT2D eigenvalue weighted by atomic mass is 10.1. The van der Waals surface area contributed by atoms with Crippen LogP contribution in [0.25, 0.3) is 0 Å². The van der Waals surface area contributed by atoms with E-state index in [1.807, 2.05) is 38.1 Å². The number of rotatable bonds is 8. The molecule has 0 saturated carbocycles. The van der Waals surface area contributed by atoms with Gasteiger partial charge in [0.1, 0.15) is 6.61 Å². The predicted molar refractivity (Wildman–Crippen MR) is 84.1 cm³/mol. The number of likely N-dealkylation sites (N-methyl/N-ethyl adjacent to an activating group) is 1. The lowest BCUT2D eigenvalue weighted by Crippen LogP contribution is -2.30. The van der Waals surface area contributed by atoms with Crippen LogP contribution in [0.3, 0.4) is 0 Å². The standard InChI is InChI=1S/C17H27NO3/c1-14(2)21-17-7-5-4-6-16(17)20-11-9-18(3)12-15-8-10-19-13-15/h4-7,14-15H,8-13H2,1-3H3/t15-/m1/s1. The second kappa shape index (κ2) is 8.25. The summed E-state index contributed by atoms with van der Waals surface area (Å²) in [7, 11) is 2.14. The van der Waals surface area contributed by atoms with Crippen molar-refractivity contribution in [3.63, 3.8) is 0 Å². The second-order valence-corrected chi connectivity index (χ2v) is 5.95. The largest absolute Gasteiger partial charge is 0.488 e. The molecule has 0 aromatic heterocycles. The summed E-state index contributed by atoms with van der Waals surface area (Å²) in [5.74, 6) is 2.31. The van der Waals surface area contributed by atoms with Crippen LogP contribution in [0.5, 0.6) is 11.5 Å². The number of benzene rings is 1. The van der Waals surface area contributed by atoms with Crippen LogP contribution in [0.15, 0.2) is 24.3 Å². The Kier molecular flexibility index (Phi) is 6.33. The molecule has 0 N–H and O–H groups in total. The van der Waals surface area contributed by atoms with Crippen molar-refractivity contribution in [3.05, 3.63) is 24.3 Å². The molecule has 1 aliphatic rings. The molecule has 0 bridgehead atoms. The van der Waals surface area contributed by atoms with Gasteiger partial charge in [0.25, 0.3) is 0 Å². The minimum absolute atomic E-state index is 0.153. The van der Waals surface area contributed by atoms with Crippen molar-refractivity contribution in [2.24, 2.45) is 5.92 Å². The first-order valence-corrected chi connectivity index (χ1v) is 7.80. The predicted octanol–water partition coefficient (Wildman–Crippen LogP) is 2.82. The highest BCUT2D eigenvalue weighted by atomic mass is 16.5. The van der Waals surface area contributed by atoms with Crippen LogP contribution in [-0.2, 0) is 4.74 Å². The van der Waals surface area contributed by atoms with E-state index in [9.17, 15) is 0 Å². The number of ether oxygens (including phenoxy) is 3. The summed E-state index contributed by atoms with van der Waals surface area (Å²) >= 11 is 0. The number of hydrogen-bond donors (Lipinski definition) is 0. The lowest BCUT2D eigenvalue weighted by Gasteiger charge is -2.20. The van der Waals surface area contributed by atoms with Crippen molar-refractivity contribution in [2.75, 3.05) is 40.0 Å². The average molecular weight is 293 g/mol. The molecule has 1 fully saturated rings. The minimum atomic E-state index is 0.153. The molecule has 1 atom stereocenters. The third-order valence-corrected chi connectivity index (χ3v) is 3.54. The van der Waals surface area contributed by atoms with Gasteiger partial charge in [0, 0.05) is 19.7 Å². The van der Waals surface area contributed by atoms with Gasteiger partial charge >= 0.3 is 0 Å². The van der Waals surface area contributed by atoms with E-state index in [4.69, 9.17) is 14.2 Å². The fourth-order valence-electron chi connectivity index (χ4n) is 2.49. The van der Waals surface area contributed by atoms with Crippen LogP contribution in [-0.4, -0.2) is 51.0 Å². The van der Waals surface area contributed by atoms with Gasteiger partial charge in [0.15, 0.2) is 11.5 Å². The number of para-hydroxylation sites is 2. The van der Waals surface area contributed by atoms with E-state index in [0.717, 1.165) is 37.8 Å². The van der Waals surface area contributed by atoms with Gasteiger partial charge in [-0.25, -0.2) is 0 Å². The molecular weight excluding hydrogens is 266 g/mol. The van der Waals surface area contributed by atoms with Crippen LogP contribution in [0.4, 0.5) is 0 Å². The Labute approximate surface area is 128 Å². The molecule has 0 aliphatic carbocycles. The Morgan fingerprint density at radius 2 is 2.05 bits per heavy atom. The Bertz CT molecular complexity index is 416. The molecule has 4 nitrogen and oxygen atoms in total. The Balaban J connectivity index is 1.74. The molecule has 0 unspecified atom stereocenters. The van der Waals surface area contributed by atoms with Gasteiger partial charge in [-0.15, -0.1) is 0 Å². The van der Waals surface area contributed by atoms with Gasteiger partial charge in [-0.05, 0) is 45.4 Å². The maximum atomic E-state index is 5.88. The molecule has 1 saturated heterocycles. The summed E-state index contributed by atoms with van der Waals surface area (Å²) in [6.07, 6.45) is 1.33. The van der Waals surface area contributed by atoms with Crippen LogP contribution in [0.2, 0.25) is 0 Å². The van der Waals surface area contributed by atoms with Crippen LogP contribution >= 0.6 is 0 Å². The van der Waals surface area contributed by atoms with Gasteiger partial charge in [-0.1, -0.05) is 12.1 Å². The van der Waals surface area contributed by atoms with E-state index in [2.05, 4.69) is 11.9 Å². The summed E-state index contributed by atoms with van der Waals surface area (Å²) in [4.78, 5) is 2.31. The van der Waals surface area contributed by atoms with Gasteiger partial charge in [0.2, 0.25) is 0 Å². The third kappa shape index (κ3) is 5.56. The number of nitrogens with zero attached hydrogens (tertiary/aromatic N) is 1. The van der Waals surface area contributed by atoms with Crippen molar-refractivity contribution in [1.82, 2.24) is 4.90 Å². The zero-order valence-corrected chi connectivity index (χ0v) is 13.4. The van der Waals surface area contributed by atoms with E-state index < -0.39 is 0 Å². The first-order valence-electron chi connectivity index (χ1n) is 7.80. The molecule has 4 heteroatoms. The highest BCUT2D eigenvalue weighted by molar-refractivity contribution is 5.39. The first kappa shape index (κ1) is 16.1. The summed E-state index contributed by atoms with van der Waals surface area (Å²) in [6.45, 7) is 8.51. The van der Waals surface area contributed by atoms with Crippen molar-refractivity contribution < 1.29 is 14.2 Å². The molecule has 118 valence electrons. The molecule has 0 spiro atoms. The molecule has 1 aliphatic heterocycles. The lowest BCUT2D eigenvalue weighted by molar-refractivity contribution is 0.165. The van der Waals surface area contributed by atoms with E-state index in [1.165, 1.54) is 6.42 Å². The van der Waals surface area contributed by atoms with Crippen LogP contribution < -0.4 is 9.47 Å². The Hall–Kier alpha value is -1.26. The summed E-state index contributed by atoms with van der Waals surface area (Å²) in [5.41, 5.74) is 0. The highest BCUT2D eigenvalue weighted by Crippen LogP contribution is 2.27. The van der Waals surface area contributed by atoms with Gasteiger partial charge in [0.05, 0.1) is 12.7 Å². The molecule has 1 heterocycles. The summed E-state index contributed by atoms with van der Waals surface area (Å²) in [5, 5.41) is 0. The topological polar surface area (TPSA) is 30.9 Å². The average Bonchev–Trinajstić information content (AvgIpc) is 2.93. The van der Waals surface area contributed by atoms with Crippen molar-refractivity contribution >= 4 is 0 Å². The SMILES string of the molecule is CC(C)Oc1ccccc1OCCN(C)C[C@H]1CCOC1. The van der Waals surface area contributed by atoms with E-state index in [-0.39, 0.29) is 6.10 Å². The quantitative estimate of drug-likeness (QED) is 0.737. The molecule has 0 radical (unpaired) electrons. The second-order valence-electron chi connectivity index (χ2n) is 5.95. The van der Waals surface area contributed by atoms with Gasteiger partial charge < -0.3 is 19.1 Å². The Morgan fingerprint density at radius 3 is 2.71 bits per heavy atom. The number of hydrogen-bond acceptors (Lipinski definition) is 4. The highest BCUT2D eigenvalue weighted by Gasteiger charge is 2.17. The minimum Gasteiger partial charge on any atom is -0.488 e.